The quantitative estimate of drug-likeness (QED) is 0.363. The van der Waals surface area contributed by atoms with E-state index in [2.05, 4.69) is 72.3 Å². The molecule has 0 aliphatic rings. The van der Waals surface area contributed by atoms with Crippen molar-refractivity contribution in [3.8, 4) is 0 Å². The maximum atomic E-state index is 6.11. The van der Waals surface area contributed by atoms with Crippen molar-refractivity contribution in [1.82, 2.24) is 4.98 Å². The summed E-state index contributed by atoms with van der Waals surface area (Å²) in [5.41, 5.74) is 5.16. The van der Waals surface area contributed by atoms with Gasteiger partial charge in [0.1, 0.15) is 11.2 Å². The van der Waals surface area contributed by atoms with E-state index in [1.165, 1.54) is 0 Å². The average molecular weight is 352 g/mol. The van der Waals surface area contributed by atoms with Crippen molar-refractivity contribution < 1.29 is 4.42 Å². The Morgan fingerprint density at radius 3 is 2.37 bits per heavy atom. The molecule has 5 rings (SSSR count). The molecule has 132 valence electrons. The van der Waals surface area contributed by atoms with Gasteiger partial charge in [0.05, 0.1) is 22.3 Å². The van der Waals surface area contributed by atoms with Crippen LogP contribution in [0.2, 0.25) is 0 Å². The van der Waals surface area contributed by atoms with E-state index in [0.29, 0.717) is 0 Å². The number of anilines is 2. The highest BCUT2D eigenvalue weighted by Crippen LogP contribution is 2.41. The lowest BCUT2D eigenvalue weighted by atomic mass is 10.1. The fourth-order valence-corrected chi connectivity index (χ4v) is 3.94. The van der Waals surface area contributed by atoms with Gasteiger partial charge in [-0.2, -0.15) is 0 Å². The topological polar surface area (TPSA) is 29.3 Å². The molecule has 0 bridgehead atoms. The molecule has 0 aliphatic carbocycles. The van der Waals surface area contributed by atoms with Crippen molar-refractivity contribution in [3.05, 3.63) is 79.0 Å². The van der Waals surface area contributed by atoms with Gasteiger partial charge in [-0.15, -0.1) is 0 Å². The Labute approximate surface area is 157 Å². The molecule has 0 amide bonds. The summed E-state index contributed by atoms with van der Waals surface area (Å²) in [7, 11) is 0. The Hall–Kier alpha value is -3.33. The minimum absolute atomic E-state index is 0.273. The molecule has 0 saturated heterocycles. The van der Waals surface area contributed by atoms with Crippen LogP contribution in [0.4, 0.5) is 11.4 Å². The number of rotatable bonds is 3. The molecule has 3 aromatic carbocycles. The molecule has 0 saturated carbocycles. The molecule has 0 fully saturated rings. The van der Waals surface area contributed by atoms with Gasteiger partial charge in [0.2, 0.25) is 0 Å². The highest BCUT2D eigenvalue weighted by atomic mass is 16.3. The fourth-order valence-electron chi connectivity index (χ4n) is 3.94. The van der Waals surface area contributed by atoms with Crippen LogP contribution in [0, 0.1) is 0 Å². The Bertz CT molecular complexity index is 1260. The Morgan fingerprint density at radius 1 is 0.741 bits per heavy atom. The van der Waals surface area contributed by atoms with Crippen LogP contribution in [0.15, 0.2) is 83.4 Å². The van der Waals surface area contributed by atoms with E-state index in [9.17, 15) is 0 Å². The molecular weight excluding hydrogens is 332 g/mol. The smallest absolute Gasteiger partial charge is 0.137 e. The highest BCUT2D eigenvalue weighted by Gasteiger charge is 2.20. The summed E-state index contributed by atoms with van der Waals surface area (Å²) >= 11 is 0. The number of hydrogen-bond donors (Lipinski definition) is 0. The van der Waals surface area contributed by atoms with Gasteiger partial charge < -0.3 is 9.32 Å². The molecule has 0 spiro atoms. The number of fused-ring (bicyclic) bond motifs is 4. The van der Waals surface area contributed by atoms with Crippen molar-refractivity contribution in [2.45, 2.75) is 19.9 Å². The summed E-state index contributed by atoms with van der Waals surface area (Å²) in [6.45, 7) is 4.44. The lowest BCUT2D eigenvalue weighted by Gasteiger charge is -2.30. The second-order valence-electron chi connectivity index (χ2n) is 7.06. The molecular formula is C24H20N2O. The van der Waals surface area contributed by atoms with E-state index < -0.39 is 0 Å². The number of aromatic nitrogens is 1. The van der Waals surface area contributed by atoms with E-state index >= 15 is 0 Å². The largest absolute Gasteiger partial charge is 0.456 e. The lowest BCUT2D eigenvalue weighted by Crippen LogP contribution is -2.25. The van der Waals surface area contributed by atoms with Gasteiger partial charge in [0.15, 0.2) is 0 Å². The Balaban J connectivity index is 1.85. The molecule has 2 aromatic heterocycles. The van der Waals surface area contributed by atoms with Crippen molar-refractivity contribution in [2.75, 3.05) is 4.90 Å². The van der Waals surface area contributed by atoms with E-state index in [1.54, 1.807) is 0 Å². The minimum atomic E-state index is 0.273. The van der Waals surface area contributed by atoms with Gasteiger partial charge >= 0.3 is 0 Å². The molecule has 27 heavy (non-hydrogen) atoms. The number of furan rings is 1. The van der Waals surface area contributed by atoms with Gasteiger partial charge in [0, 0.05) is 23.0 Å². The standard InChI is InChI=1S/C24H20N2O/c1-16(2)26(20-11-5-10-19-17(20)9-7-15-25-19)21-12-6-14-23-24(21)18-8-3-4-13-22(18)27-23/h3-16H,1-2H3. The predicted molar refractivity (Wildman–Crippen MR) is 113 cm³/mol. The summed E-state index contributed by atoms with van der Waals surface area (Å²) in [5.74, 6) is 0. The van der Waals surface area contributed by atoms with Crippen molar-refractivity contribution in [3.63, 3.8) is 0 Å². The van der Waals surface area contributed by atoms with Crippen LogP contribution < -0.4 is 4.90 Å². The van der Waals surface area contributed by atoms with Crippen molar-refractivity contribution in [1.29, 1.82) is 0 Å². The van der Waals surface area contributed by atoms with E-state index in [0.717, 1.165) is 44.2 Å². The van der Waals surface area contributed by atoms with E-state index in [4.69, 9.17) is 4.42 Å². The summed E-state index contributed by atoms with van der Waals surface area (Å²) < 4.78 is 6.11. The number of para-hydroxylation sites is 1. The van der Waals surface area contributed by atoms with Crippen LogP contribution >= 0.6 is 0 Å². The lowest BCUT2D eigenvalue weighted by molar-refractivity contribution is 0.669. The zero-order valence-electron chi connectivity index (χ0n) is 15.4. The first-order valence-corrected chi connectivity index (χ1v) is 9.27. The van der Waals surface area contributed by atoms with Gasteiger partial charge in [0.25, 0.3) is 0 Å². The molecule has 0 aliphatic heterocycles. The SMILES string of the molecule is CC(C)N(c1cccc2ncccc12)c1cccc2oc3ccccc3c12. The fraction of sp³-hybridized carbons (Fsp3) is 0.125. The Morgan fingerprint density at radius 2 is 1.48 bits per heavy atom. The second kappa shape index (κ2) is 6.13. The molecule has 0 unspecified atom stereocenters. The summed E-state index contributed by atoms with van der Waals surface area (Å²) in [6, 6.07) is 25.3. The molecule has 3 heteroatoms. The maximum Gasteiger partial charge on any atom is 0.137 e. The van der Waals surface area contributed by atoms with Crippen LogP contribution in [-0.2, 0) is 0 Å². The van der Waals surface area contributed by atoms with Gasteiger partial charge in [-0.25, -0.2) is 0 Å². The summed E-state index contributed by atoms with van der Waals surface area (Å²) in [5, 5.41) is 3.45. The first-order valence-electron chi connectivity index (χ1n) is 9.27. The van der Waals surface area contributed by atoms with Gasteiger partial charge in [-0.1, -0.05) is 30.3 Å². The highest BCUT2D eigenvalue weighted by molar-refractivity contribution is 6.13. The number of hydrogen-bond acceptors (Lipinski definition) is 3. The normalized spacial score (nSPS) is 11.7. The zero-order chi connectivity index (χ0) is 18.4. The third kappa shape index (κ3) is 2.47. The number of pyridine rings is 1. The molecule has 2 heterocycles. The monoisotopic (exact) mass is 352 g/mol. The zero-order valence-corrected chi connectivity index (χ0v) is 15.4. The minimum Gasteiger partial charge on any atom is -0.456 e. The first kappa shape index (κ1) is 15.9. The van der Waals surface area contributed by atoms with E-state index in [1.807, 2.05) is 30.5 Å². The van der Waals surface area contributed by atoms with Gasteiger partial charge in [-0.05, 0) is 56.3 Å². The number of nitrogens with zero attached hydrogens (tertiary/aromatic N) is 2. The third-order valence-corrected chi connectivity index (χ3v) is 5.04. The van der Waals surface area contributed by atoms with Crippen LogP contribution in [0.25, 0.3) is 32.8 Å². The molecule has 3 nitrogen and oxygen atoms in total. The summed E-state index contributed by atoms with van der Waals surface area (Å²) in [4.78, 5) is 6.92. The van der Waals surface area contributed by atoms with Crippen LogP contribution in [0.1, 0.15) is 13.8 Å². The predicted octanol–water partition coefficient (Wildman–Crippen LogP) is 6.68. The number of benzene rings is 3. The van der Waals surface area contributed by atoms with Crippen LogP contribution in [0.3, 0.4) is 0 Å². The Kier molecular flexibility index (Phi) is 3.61. The van der Waals surface area contributed by atoms with Crippen molar-refractivity contribution >= 4 is 44.2 Å². The van der Waals surface area contributed by atoms with Crippen molar-refractivity contribution in [2.24, 2.45) is 0 Å². The molecule has 0 radical (unpaired) electrons. The maximum absolute atomic E-state index is 6.11. The molecule has 0 atom stereocenters. The molecule has 5 aromatic rings. The first-order chi connectivity index (χ1) is 13.2. The second-order valence-corrected chi connectivity index (χ2v) is 7.06. The molecule has 0 N–H and O–H groups in total. The van der Waals surface area contributed by atoms with E-state index in [-0.39, 0.29) is 6.04 Å². The average Bonchev–Trinajstić information content (AvgIpc) is 3.07. The van der Waals surface area contributed by atoms with Crippen LogP contribution in [0.5, 0.6) is 0 Å². The summed E-state index contributed by atoms with van der Waals surface area (Å²) in [6.07, 6.45) is 1.84. The van der Waals surface area contributed by atoms with Crippen LogP contribution in [-0.4, -0.2) is 11.0 Å². The third-order valence-electron chi connectivity index (χ3n) is 5.04. The van der Waals surface area contributed by atoms with Gasteiger partial charge in [-0.3, -0.25) is 4.98 Å².